The Bertz CT molecular complexity index is 1560. The Labute approximate surface area is 213 Å². The number of imidazole rings is 1. The number of hydrogen-bond donors (Lipinski definition) is 2. The van der Waals surface area contributed by atoms with E-state index in [0.29, 0.717) is 0 Å². The Morgan fingerprint density at radius 2 is 1.68 bits per heavy atom. The van der Waals surface area contributed by atoms with Gasteiger partial charge in [-0.3, -0.25) is 14.3 Å². The largest absolute Gasteiger partial charge is 0.456 e. The number of carbonyl (C=O) groups excluding carboxylic acids is 2. The number of rotatable bonds is 6. The molecule has 1 saturated heterocycles. The number of aromatic amines is 1. The number of nitrogens with one attached hydrogen (secondary N) is 1. The molecule has 0 bridgehead atoms. The number of carbonyl (C=O) groups is 2. The molecule has 38 heavy (non-hydrogen) atoms. The molecule has 3 N–H and O–H groups in total. The van der Waals surface area contributed by atoms with Gasteiger partial charge in [-0.15, -0.1) is 0 Å². The third-order valence-electron chi connectivity index (χ3n) is 6.04. The number of nitrogen functional groups attached to an aromatic ring is 1. The number of hydrogen-bond acceptors (Lipinski definition) is 9. The van der Waals surface area contributed by atoms with Gasteiger partial charge in [0.2, 0.25) is 12.1 Å². The van der Waals surface area contributed by atoms with Crippen LogP contribution in [0.15, 0.2) is 71.8 Å². The summed E-state index contributed by atoms with van der Waals surface area (Å²) < 4.78 is 49.8. The zero-order chi connectivity index (χ0) is 27.1. The molecule has 0 radical (unpaired) electrons. The predicted octanol–water partition coefficient (Wildman–Crippen LogP) is 2.71. The van der Waals surface area contributed by atoms with Crippen molar-refractivity contribution in [2.75, 3.05) is 12.3 Å². The molecule has 0 saturated carbocycles. The number of anilines is 1. The van der Waals surface area contributed by atoms with Crippen LogP contribution in [0.4, 0.5) is 14.7 Å². The van der Waals surface area contributed by atoms with Crippen molar-refractivity contribution in [2.45, 2.75) is 30.8 Å². The molecule has 11 nitrogen and oxygen atoms in total. The molecular formula is C25H21F2N5O6. The average Bonchev–Trinajstić information content (AvgIpc) is 3.40. The Morgan fingerprint density at radius 1 is 1.08 bits per heavy atom. The van der Waals surface area contributed by atoms with Crippen LogP contribution in [0.5, 0.6) is 0 Å². The lowest BCUT2D eigenvalue weighted by Crippen LogP contribution is -2.50. The van der Waals surface area contributed by atoms with E-state index < -0.39 is 48.0 Å². The van der Waals surface area contributed by atoms with Crippen LogP contribution < -0.4 is 11.3 Å². The minimum atomic E-state index is -3.15. The summed E-state index contributed by atoms with van der Waals surface area (Å²) in [6, 6.07) is 15.3. The average molecular weight is 525 g/mol. The monoisotopic (exact) mass is 525 g/mol. The molecule has 2 aromatic heterocycles. The third-order valence-corrected chi connectivity index (χ3v) is 6.04. The highest BCUT2D eigenvalue weighted by Crippen LogP contribution is 2.50. The smallest absolute Gasteiger partial charge is 0.338 e. The predicted molar refractivity (Wildman–Crippen MR) is 128 cm³/mol. The topological polar surface area (TPSA) is 151 Å². The van der Waals surface area contributed by atoms with Gasteiger partial charge in [-0.25, -0.2) is 23.4 Å². The number of H-pyrrole nitrogens is 1. The zero-order valence-corrected chi connectivity index (χ0v) is 19.8. The van der Waals surface area contributed by atoms with Gasteiger partial charge in [0, 0.05) is 0 Å². The third kappa shape index (κ3) is 4.36. The van der Waals surface area contributed by atoms with Gasteiger partial charge in [0.15, 0.2) is 29.7 Å². The minimum absolute atomic E-state index is 0.0319. The molecule has 1 fully saturated rings. The van der Waals surface area contributed by atoms with Crippen molar-refractivity contribution >= 4 is 29.1 Å². The van der Waals surface area contributed by atoms with E-state index in [1.54, 1.807) is 36.4 Å². The van der Waals surface area contributed by atoms with Crippen molar-refractivity contribution in [2.24, 2.45) is 0 Å². The second-order valence-corrected chi connectivity index (χ2v) is 8.78. The summed E-state index contributed by atoms with van der Waals surface area (Å²) in [6.45, 7) is -0.171. The van der Waals surface area contributed by atoms with Gasteiger partial charge in [-0.05, 0) is 31.2 Å². The first kappa shape index (κ1) is 25.0. The van der Waals surface area contributed by atoms with E-state index in [-0.39, 0.29) is 28.2 Å². The summed E-state index contributed by atoms with van der Waals surface area (Å²) >= 11 is 0. The molecule has 4 aromatic rings. The Hall–Kier alpha value is -4.65. The number of nitrogens with zero attached hydrogens (tertiary/aromatic N) is 3. The molecule has 5 rings (SSSR count). The lowest BCUT2D eigenvalue weighted by atomic mass is 9.96. The fraction of sp³-hybridized carbons (Fsp3) is 0.240. The Kier molecular flexibility index (Phi) is 6.15. The number of benzene rings is 2. The number of alkyl halides is 2. The van der Waals surface area contributed by atoms with Gasteiger partial charge in [0.25, 0.3) is 11.4 Å². The maximum atomic E-state index is 16.5. The second kappa shape index (κ2) is 9.34. The highest BCUT2D eigenvalue weighted by atomic mass is 19.2. The van der Waals surface area contributed by atoms with Crippen molar-refractivity contribution in [1.82, 2.24) is 19.5 Å². The number of halogens is 2. The summed E-state index contributed by atoms with van der Waals surface area (Å²) in [6.07, 6.45) is -3.05. The maximum absolute atomic E-state index is 16.5. The number of nitrogens with two attached hydrogens (primary N) is 1. The van der Waals surface area contributed by atoms with E-state index in [1.165, 1.54) is 24.3 Å². The van der Waals surface area contributed by atoms with Crippen molar-refractivity contribution in [3.63, 3.8) is 0 Å². The number of esters is 2. The number of ether oxygens (including phenoxy) is 3. The molecule has 4 atom stereocenters. The minimum Gasteiger partial charge on any atom is -0.456 e. The van der Waals surface area contributed by atoms with Crippen LogP contribution in [0.25, 0.3) is 11.2 Å². The van der Waals surface area contributed by atoms with Crippen LogP contribution in [-0.4, -0.2) is 55.7 Å². The van der Waals surface area contributed by atoms with Crippen molar-refractivity contribution < 1.29 is 32.6 Å². The SMILES string of the molecule is C[C@]1(F)[C@H](n2cnc3c(=O)[nH]c(N)nc32)O[C@](F)(COC(=O)c2ccccc2)[C@H]1OC(=O)c1ccccc1. The first-order valence-electron chi connectivity index (χ1n) is 11.4. The normalized spacial score (nSPS) is 24.8. The highest BCUT2D eigenvalue weighted by molar-refractivity contribution is 5.90. The van der Waals surface area contributed by atoms with E-state index in [4.69, 9.17) is 19.9 Å². The summed E-state index contributed by atoms with van der Waals surface area (Å²) in [5.74, 6) is -5.38. The quantitative estimate of drug-likeness (QED) is 0.362. The van der Waals surface area contributed by atoms with E-state index in [9.17, 15) is 14.4 Å². The van der Waals surface area contributed by atoms with E-state index in [0.717, 1.165) is 17.8 Å². The van der Waals surface area contributed by atoms with Gasteiger partial charge < -0.3 is 19.9 Å². The lowest BCUT2D eigenvalue weighted by Gasteiger charge is -2.29. The van der Waals surface area contributed by atoms with Gasteiger partial charge in [-0.1, -0.05) is 36.4 Å². The van der Waals surface area contributed by atoms with Gasteiger partial charge in [0.05, 0.1) is 17.5 Å². The van der Waals surface area contributed by atoms with Crippen LogP contribution in [0.2, 0.25) is 0 Å². The summed E-state index contributed by atoms with van der Waals surface area (Å²) in [7, 11) is 0. The van der Waals surface area contributed by atoms with Gasteiger partial charge >= 0.3 is 11.9 Å². The van der Waals surface area contributed by atoms with Crippen LogP contribution in [0.3, 0.4) is 0 Å². The van der Waals surface area contributed by atoms with Crippen molar-refractivity contribution in [3.8, 4) is 0 Å². The fourth-order valence-electron chi connectivity index (χ4n) is 4.24. The second-order valence-electron chi connectivity index (χ2n) is 8.78. The molecule has 0 amide bonds. The first-order valence-corrected chi connectivity index (χ1v) is 11.4. The molecule has 0 spiro atoms. The molecule has 3 heterocycles. The molecule has 1 aliphatic rings. The van der Waals surface area contributed by atoms with E-state index in [1.807, 2.05) is 0 Å². The summed E-state index contributed by atoms with van der Waals surface area (Å²) in [5.41, 5.74) is 1.89. The molecule has 1 aliphatic heterocycles. The van der Waals surface area contributed by atoms with E-state index in [2.05, 4.69) is 15.0 Å². The Morgan fingerprint density at radius 3 is 2.32 bits per heavy atom. The van der Waals surface area contributed by atoms with Crippen molar-refractivity contribution in [3.05, 3.63) is 88.5 Å². The molecule has 0 aliphatic carbocycles. The van der Waals surface area contributed by atoms with Crippen LogP contribution in [-0.2, 0) is 14.2 Å². The highest BCUT2D eigenvalue weighted by Gasteiger charge is 2.68. The standard InChI is InChI=1S/C25H21F2N5O6/c1-24(26)21(37-20(35)15-10-6-3-7-11-15)25(27,12-36-19(34)14-8-4-2-5-9-14)38-22(24)32-13-29-16-17(32)30-23(28)31-18(16)33/h2-11,13,21-22H,12H2,1H3,(H3,28,30,31,33)/t21-,22+,24+,25+/m0/s1. The first-order chi connectivity index (χ1) is 18.1. The number of aromatic nitrogens is 4. The summed E-state index contributed by atoms with van der Waals surface area (Å²) in [5, 5.41) is 0. The molecule has 0 unspecified atom stereocenters. The Balaban J connectivity index is 1.52. The van der Waals surface area contributed by atoms with Crippen LogP contribution >= 0.6 is 0 Å². The molecular weight excluding hydrogens is 504 g/mol. The van der Waals surface area contributed by atoms with Gasteiger partial charge in [0.1, 0.15) is 0 Å². The molecule has 196 valence electrons. The van der Waals surface area contributed by atoms with Crippen LogP contribution in [0.1, 0.15) is 33.9 Å². The fourth-order valence-corrected chi connectivity index (χ4v) is 4.24. The molecule has 13 heteroatoms. The summed E-state index contributed by atoms with van der Waals surface area (Å²) in [4.78, 5) is 47.6. The van der Waals surface area contributed by atoms with Crippen molar-refractivity contribution in [1.29, 1.82) is 0 Å². The van der Waals surface area contributed by atoms with Crippen LogP contribution in [0, 0.1) is 0 Å². The zero-order valence-electron chi connectivity index (χ0n) is 19.8. The number of fused-ring (bicyclic) bond motifs is 1. The van der Waals surface area contributed by atoms with E-state index >= 15 is 8.78 Å². The molecule has 2 aromatic carbocycles. The lowest BCUT2D eigenvalue weighted by molar-refractivity contribution is -0.207. The maximum Gasteiger partial charge on any atom is 0.338 e. The van der Waals surface area contributed by atoms with Gasteiger partial charge in [-0.2, -0.15) is 4.98 Å².